The summed E-state index contributed by atoms with van der Waals surface area (Å²) in [6, 6.07) is 0. The van der Waals surface area contributed by atoms with E-state index in [1.807, 2.05) is 0 Å². The summed E-state index contributed by atoms with van der Waals surface area (Å²) in [6.07, 6.45) is 72.7. The molecule has 6 nitrogen and oxygen atoms in total. The van der Waals surface area contributed by atoms with E-state index in [9.17, 15) is 14.4 Å². The van der Waals surface area contributed by atoms with Gasteiger partial charge in [0.05, 0.1) is 0 Å². The van der Waals surface area contributed by atoms with Crippen molar-refractivity contribution in [3.8, 4) is 0 Å². The van der Waals surface area contributed by atoms with Crippen LogP contribution in [0.4, 0.5) is 0 Å². The summed E-state index contributed by atoms with van der Waals surface area (Å²) in [4.78, 5) is 38.3. The molecular weight excluding hydrogens is 901 g/mol. The van der Waals surface area contributed by atoms with E-state index in [1.54, 1.807) is 0 Å². The van der Waals surface area contributed by atoms with Crippen LogP contribution in [0.25, 0.3) is 0 Å². The number of rotatable bonds is 63. The summed E-state index contributed by atoms with van der Waals surface area (Å²) in [6.45, 7) is 6.73. The molecule has 0 bridgehead atoms. The van der Waals surface area contributed by atoms with Crippen LogP contribution in [0.1, 0.15) is 393 Å². The Kier molecular flexibility index (Phi) is 61.6. The molecule has 0 spiro atoms. The van der Waals surface area contributed by atoms with Crippen LogP contribution in [0, 0.1) is 0 Å². The maximum atomic E-state index is 12.9. The van der Waals surface area contributed by atoms with Crippen molar-refractivity contribution in [1.29, 1.82) is 0 Å². The van der Waals surface area contributed by atoms with Crippen LogP contribution >= 0.6 is 0 Å². The molecule has 0 rings (SSSR count). The van der Waals surface area contributed by atoms with Crippen molar-refractivity contribution in [3.05, 3.63) is 0 Å². The quantitative estimate of drug-likeness (QED) is 0.0343. The molecule has 0 saturated heterocycles. The summed E-state index contributed by atoms with van der Waals surface area (Å²) < 4.78 is 17.0. The Bertz CT molecular complexity index is 1090. The van der Waals surface area contributed by atoms with Crippen LogP contribution in [-0.2, 0) is 28.6 Å². The van der Waals surface area contributed by atoms with Crippen LogP contribution in [0.15, 0.2) is 0 Å². The molecule has 0 radical (unpaired) electrons. The first kappa shape index (κ1) is 71.4. The van der Waals surface area contributed by atoms with Gasteiger partial charge in [-0.15, -0.1) is 0 Å². The highest BCUT2D eigenvalue weighted by molar-refractivity contribution is 5.71. The molecule has 0 aliphatic carbocycles. The molecule has 0 aromatic rings. The molecule has 73 heavy (non-hydrogen) atoms. The lowest BCUT2D eigenvalue weighted by Gasteiger charge is -2.18. The van der Waals surface area contributed by atoms with Crippen molar-refractivity contribution < 1.29 is 28.6 Å². The van der Waals surface area contributed by atoms with E-state index in [0.29, 0.717) is 19.3 Å². The molecule has 1 atom stereocenters. The SMILES string of the molecule is CCCCCCCCCCCCCCCCCCCCCCCCCCC(=O)OCC(COC(=O)CCCCCCCCCCCCCC)OC(=O)CCCCCCCCCCCCCCCCCCCCC. The zero-order valence-corrected chi connectivity index (χ0v) is 50.0. The number of esters is 3. The predicted octanol–water partition coefficient (Wildman–Crippen LogP) is 22.7. The standard InChI is InChI=1S/C67H130O6/c1-4-7-10-13-16-19-22-25-27-29-31-32-33-34-35-37-38-40-42-45-48-51-54-57-60-66(69)72-63-64(62-71-65(68)59-56-53-50-47-44-24-21-18-15-12-9-6-3)73-67(70)61-58-55-52-49-46-43-41-39-36-30-28-26-23-20-17-14-11-8-5-2/h64H,4-63H2,1-3H3. The normalized spacial score (nSPS) is 11.9. The van der Waals surface area contributed by atoms with Crippen LogP contribution in [0.5, 0.6) is 0 Å². The summed E-state index contributed by atoms with van der Waals surface area (Å²) in [5, 5.41) is 0. The monoisotopic (exact) mass is 1030 g/mol. The molecule has 0 aromatic carbocycles. The minimum Gasteiger partial charge on any atom is -0.462 e. The average molecular weight is 1030 g/mol. The first-order valence-electron chi connectivity index (χ1n) is 33.5. The van der Waals surface area contributed by atoms with Gasteiger partial charge in [0.1, 0.15) is 13.2 Å². The first-order valence-corrected chi connectivity index (χ1v) is 33.5. The minimum atomic E-state index is -0.762. The van der Waals surface area contributed by atoms with E-state index in [0.717, 1.165) is 57.8 Å². The van der Waals surface area contributed by atoms with Crippen LogP contribution in [-0.4, -0.2) is 37.2 Å². The van der Waals surface area contributed by atoms with E-state index in [-0.39, 0.29) is 31.1 Å². The van der Waals surface area contributed by atoms with Gasteiger partial charge in [-0.05, 0) is 19.3 Å². The number of carbonyl (C=O) groups is 3. The zero-order chi connectivity index (χ0) is 52.9. The Hall–Kier alpha value is -1.59. The molecule has 0 N–H and O–H groups in total. The topological polar surface area (TPSA) is 78.9 Å². The van der Waals surface area contributed by atoms with Gasteiger partial charge >= 0.3 is 17.9 Å². The molecule has 0 aliphatic rings. The Morgan fingerprint density at radius 1 is 0.219 bits per heavy atom. The van der Waals surface area contributed by atoms with E-state index in [4.69, 9.17) is 14.2 Å². The van der Waals surface area contributed by atoms with Crippen molar-refractivity contribution in [3.63, 3.8) is 0 Å². The number of ether oxygens (including phenoxy) is 3. The molecule has 0 aromatic heterocycles. The Labute approximate surface area is 457 Å². The molecular formula is C67H130O6. The van der Waals surface area contributed by atoms with E-state index >= 15 is 0 Å². The lowest BCUT2D eigenvalue weighted by Crippen LogP contribution is -2.30. The third-order valence-electron chi connectivity index (χ3n) is 15.6. The Balaban J connectivity index is 4.18. The predicted molar refractivity (Wildman–Crippen MR) is 317 cm³/mol. The number of carbonyl (C=O) groups excluding carboxylic acids is 3. The lowest BCUT2D eigenvalue weighted by molar-refractivity contribution is -0.167. The third-order valence-corrected chi connectivity index (χ3v) is 15.6. The van der Waals surface area contributed by atoms with Crippen molar-refractivity contribution in [1.82, 2.24) is 0 Å². The first-order chi connectivity index (χ1) is 36.0. The fourth-order valence-corrected chi connectivity index (χ4v) is 10.6. The molecule has 1 unspecified atom stereocenters. The van der Waals surface area contributed by atoms with Crippen molar-refractivity contribution in [2.45, 2.75) is 399 Å². The van der Waals surface area contributed by atoms with Gasteiger partial charge in [-0.25, -0.2) is 0 Å². The van der Waals surface area contributed by atoms with E-state index in [1.165, 1.54) is 295 Å². The fourth-order valence-electron chi connectivity index (χ4n) is 10.6. The highest BCUT2D eigenvalue weighted by Crippen LogP contribution is 2.19. The van der Waals surface area contributed by atoms with Gasteiger partial charge in [0.2, 0.25) is 0 Å². The highest BCUT2D eigenvalue weighted by Gasteiger charge is 2.19. The molecule has 0 saturated carbocycles. The van der Waals surface area contributed by atoms with Crippen molar-refractivity contribution in [2.75, 3.05) is 13.2 Å². The second kappa shape index (κ2) is 62.9. The van der Waals surface area contributed by atoms with E-state index in [2.05, 4.69) is 20.8 Å². The molecule has 0 amide bonds. The smallest absolute Gasteiger partial charge is 0.306 e. The van der Waals surface area contributed by atoms with Gasteiger partial charge in [-0.1, -0.05) is 355 Å². The Morgan fingerprint density at radius 2 is 0.370 bits per heavy atom. The maximum Gasteiger partial charge on any atom is 0.306 e. The van der Waals surface area contributed by atoms with Gasteiger partial charge in [-0.3, -0.25) is 14.4 Å². The molecule has 6 heteroatoms. The number of hydrogen-bond acceptors (Lipinski definition) is 6. The van der Waals surface area contributed by atoms with Crippen LogP contribution < -0.4 is 0 Å². The summed E-state index contributed by atoms with van der Waals surface area (Å²) in [5.74, 6) is -0.824. The highest BCUT2D eigenvalue weighted by atomic mass is 16.6. The van der Waals surface area contributed by atoms with Crippen molar-refractivity contribution >= 4 is 17.9 Å². The Morgan fingerprint density at radius 3 is 0.548 bits per heavy atom. The van der Waals surface area contributed by atoms with E-state index < -0.39 is 6.10 Å². The summed E-state index contributed by atoms with van der Waals surface area (Å²) in [7, 11) is 0. The lowest BCUT2D eigenvalue weighted by atomic mass is 10.0. The fraction of sp³-hybridized carbons (Fsp3) is 0.955. The summed E-state index contributed by atoms with van der Waals surface area (Å²) in [5.41, 5.74) is 0. The molecule has 0 aliphatic heterocycles. The second-order valence-corrected chi connectivity index (χ2v) is 23.1. The van der Waals surface area contributed by atoms with Crippen molar-refractivity contribution in [2.24, 2.45) is 0 Å². The summed E-state index contributed by atoms with van der Waals surface area (Å²) >= 11 is 0. The van der Waals surface area contributed by atoms with Crippen LogP contribution in [0.2, 0.25) is 0 Å². The molecule has 0 heterocycles. The van der Waals surface area contributed by atoms with Gasteiger partial charge < -0.3 is 14.2 Å². The molecule has 0 fully saturated rings. The largest absolute Gasteiger partial charge is 0.462 e. The minimum absolute atomic E-state index is 0.0605. The van der Waals surface area contributed by atoms with Gasteiger partial charge in [-0.2, -0.15) is 0 Å². The maximum absolute atomic E-state index is 12.9. The number of unbranched alkanes of at least 4 members (excludes halogenated alkanes) is 52. The number of hydrogen-bond donors (Lipinski definition) is 0. The second-order valence-electron chi connectivity index (χ2n) is 23.1. The zero-order valence-electron chi connectivity index (χ0n) is 50.0. The van der Waals surface area contributed by atoms with Crippen LogP contribution in [0.3, 0.4) is 0 Å². The third kappa shape index (κ3) is 61.1. The average Bonchev–Trinajstić information content (AvgIpc) is 3.39. The van der Waals surface area contributed by atoms with Gasteiger partial charge in [0, 0.05) is 19.3 Å². The van der Waals surface area contributed by atoms with Gasteiger partial charge in [0.15, 0.2) is 6.10 Å². The van der Waals surface area contributed by atoms with Gasteiger partial charge in [0.25, 0.3) is 0 Å². The molecule has 434 valence electrons.